The monoisotopic (exact) mass is 410 g/mol. The number of alkyl halides is 6. The molecule has 0 bridgehead atoms. The molecule has 2 N–H and O–H groups in total. The van der Waals surface area contributed by atoms with Crippen molar-refractivity contribution in [1.29, 1.82) is 0 Å². The quantitative estimate of drug-likeness (QED) is 0.566. The maximum absolute atomic E-state index is 13.1. The average Bonchev–Trinajstić information content (AvgIpc) is 2.26. The number of β-amino-alcohol motifs (C(OH)–C–C–N with tert-alkyl or cyclic N) is 2. The molecule has 2 unspecified atom stereocenters. The summed E-state index contributed by atoms with van der Waals surface area (Å²) < 4.78 is 122. The van der Waals surface area contributed by atoms with Gasteiger partial charge in [0.25, 0.3) is 0 Å². The molecule has 0 spiro atoms. The predicted molar refractivity (Wildman–Crippen MR) is 65.1 cm³/mol. The zero-order valence-corrected chi connectivity index (χ0v) is 13.6. The summed E-state index contributed by atoms with van der Waals surface area (Å²) in [5.41, 5.74) is -9.00. The Labute approximate surface area is 132 Å². The fourth-order valence-electron chi connectivity index (χ4n) is 2.07. The summed E-state index contributed by atoms with van der Waals surface area (Å²) in [4.78, 5) is 0. The maximum atomic E-state index is 13.1. The SMILES string of the molecule is CS(=O)(=O)N1CC(O)(C(F)(F)F)N(S(C)(=O)=O)CC1(O)C(F)(F)F. The van der Waals surface area contributed by atoms with Crippen LogP contribution in [0, 0.1) is 0 Å². The predicted octanol–water partition coefficient (Wildman–Crippen LogP) is -0.975. The molecule has 0 aromatic heterocycles. The highest BCUT2D eigenvalue weighted by Crippen LogP contribution is 2.46. The molecule has 1 saturated heterocycles. The molecule has 16 heteroatoms. The minimum Gasteiger partial charge on any atom is -0.366 e. The van der Waals surface area contributed by atoms with E-state index in [1.165, 1.54) is 0 Å². The van der Waals surface area contributed by atoms with Crippen molar-refractivity contribution in [3.8, 4) is 0 Å². The van der Waals surface area contributed by atoms with Gasteiger partial charge in [0.15, 0.2) is 0 Å². The Hall–Kier alpha value is -0.680. The lowest BCUT2D eigenvalue weighted by atomic mass is 10.1. The van der Waals surface area contributed by atoms with Crippen molar-refractivity contribution in [3.05, 3.63) is 0 Å². The second-order valence-corrected chi connectivity index (χ2v) is 8.98. The number of rotatable bonds is 2. The first-order valence-corrected chi connectivity index (χ1v) is 9.41. The zero-order chi connectivity index (χ0) is 19.6. The molecule has 1 aliphatic heterocycles. The third-order valence-corrected chi connectivity index (χ3v) is 5.73. The third kappa shape index (κ3) is 3.34. The van der Waals surface area contributed by atoms with Gasteiger partial charge in [0.05, 0.1) is 25.6 Å². The second kappa shape index (κ2) is 5.41. The van der Waals surface area contributed by atoms with Gasteiger partial charge in [-0.25, -0.2) is 16.8 Å². The van der Waals surface area contributed by atoms with Crippen LogP contribution in [-0.4, -0.2) is 85.1 Å². The Bertz CT molecular complexity index is 656. The molecule has 2 atom stereocenters. The largest absolute Gasteiger partial charge is 0.433 e. The van der Waals surface area contributed by atoms with Crippen molar-refractivity contribution < 1.29 is 53.4 Å². The molecular formula is C8H12F6N2O6S2. The topological polar surface area (TPSA) is 115 Å². The van der Waals surface area contributed by atoms with Crippen LogP contribution in [0.25, 0.3) is 0 Å². The van der Waals surface area contributed by atoms with Gasteiger partial charge < -0.3 is 10.2 Å². The first-order valence-electron chi connectivity index (χ1n) is 5.72. The highest BCUT2D eigenvalue weighted by Gasteiger charge is 2.73. The van der Waals surface area contributed by atoms with Gasteiger partial charge in [0.2, 0.25) is 31.5 Å². The summed E-state index contributed by atoms with van der Waals surface area (Å²) in [6.45, 7) is -4.81. The highest BCUT2D eigenvalue weighted by atomic mass is 32.2. The van der Waals surface area contributed by atoms with E-state index in [4.69, 9.17) is 0 Å². The summed E-state index contributed by atoms with van der Waals surface area (Å²) in [5, 5.41) is 19.3. The van der Waals surface area contributed by atoms with Crippen LogP contribution >= 0.6 is 0 Å². The van der Waals surface area contributed by atoms with Crippen molar-refractivity contribution in [3.63, 3.8) is 0 Å². The Balaban J connectivity index is 3.74. The van der Waals surface area contributed by atoms with Crippen LogP contribution in [0.5, 0.6) is 0 Å². The Morgan fingerprint density at radius 2 is 0.958 bits per heavy atom. The maximum Gasteiger partial charge on any atom is 0.433 e. The van der Waals surface area contributed by atoms with Gasteiger partial charge in [-0.05, 0) is 0 Å². The molecule has 0 saturated carbocycles. The lowest BCUT2D eigenvalue weighted by Gasteiger charge is -2.52. The van der Waals surface area contributed by atoms with Crippen LogP contribution in [0.4, 0.5) is 26.3 Å². The van der Waals surface area contributed by atoms with Gasteiger partial charge in [0, 0.05) is 0 Å². The van der Waals surface area contributed by atoms with Crippen molar-refractivity contribution in [1.82, 2.24) is 8.61 Å². The van der Waals surface area contributed by atoms with Crippen molar-refractivity contribution >= 4 is 20.0 Å². The highest BCUT2D eigenvalue weighted by molar-refractivity contribution is 7.88. The number of hydrogen-bond acceptors (Lipinski definition) is 6. The van der Waals surface area contributed by atoms with Gasteiger partial charge in [-0.3, -0.25) is 0 Å². The number of halogens is 6. The molecule has 0 radical (unpaired) electrons. The normalized spacial score (nSPS) is 32.1. The molecule has 24 heavy (non-hydrogen) atoms. The van der Waals surface area contributed by atoms with Gasteiger partial charge in [-0.1, -0.05) is 0 Å². The third-order valence-electron chi connectivity index (χ3n) is 3.26. The summed E-state index contributed by atoms with van der Waals surface area (Å²) >= 11 is 0. The van der Waals surface area contributed by atoms with Crippen molar-refractivity contribution in [2.45, 2.75) is 23.8 Å². The van der Waals surface area contributed by atoms with E-state index in [-0.39, 0.29) is 12.5 Å². The smallest absolute Gasteiger partial charge is 0.366 e. The number of sulfonamides is 2. The zero-order valence-electron chi connectivity index (χ0n) is 11.9. The van der Waals surface area contributed by atoms with Crippen LogP contribution in [0.15, 0.2) is 0 Å². The second-order valence-electron chi connectivity index (χ2n) is 5.17. The average molecular weight is 410 g/mol. The Morgan fingerprint density at radius 1 is 0.750 bits per heavy atom. The fraction of sp³-hybridized carbons (Fsp3) is 1.00. The number of nitrogens with zero attached hydrogens (tertiary/aromatic N) is 2. The molecule has 0 aromatic carbocycles. The number of hydrogen-bond donors (Lipinski definition) is 2. The van der Waals surface area contributed by atoms with Crippen LogP contribution < -0.4 is 0 Å². The van der Waals surface area contributed by atoms with Crippen LogP contribution in [0.1, 0.15) is 0 Å². The minimum absolute atomic E-state index is 0.0661. The van der Waals surface area contributed by atoms with Crippen molar-refractivity contribution in [2.24, 2.45) is 0 Å². The van der Waals surface area contributed by atoms with Gasteiger partial charge in [-0.15, -0.1) is 0 Å². The summed E-state index contributed by atoms with van der Waals surface area (Å²) in [5.74, 6) is 0. The van der Waals surface area contributed by atoms with Crippen LogP contribution in [0.2, 0.25) is 0 Å². The minimum atomic E-state index is -5.86. The molecule has 1 fully saturated rings. The summed E-state index contributed by atoms with van der Waals surface area (Å²) in [6, 6.07) is 0. The molecule has 144 valence electrons. The van der Waals surface area contributed by atoms with Gasteiger partial charge >= 0.3 is 12.4 Å². The Morgan fingerprint density at radius 3 is 1.08 bits per heavy atom. The lowest BCUT2D eigenvalue weighted by molar-refractivity contribution is -0.368. The van der Waals surface area contributed by atoms with Gasteiger partial charge in [0.1, 0.15) is 0 Å². The standard InChI is InChI=1S/C8H12F6N2O6S2/c1-23(19,20)15-3-6(18,8(12,13)14)16(24(2,21)22)4-5(15,17)7(9,10)11/h17-18H,3-4H2,1-2H3. The van der Waals surface area contributed by atoms with E-state index < -0.39 is 65.5 Å². The van der Waals surface area contributed by atoms with Crippen LogP contribution in [0.3, 0.4) is 0 Å². The molecule has 0 aliphatic carbocycles. The van der Waals surface area contributed by atoms with E-state index in [9.17, 15) is 53.4 Å². The van der Waals surface area contributed by atoms with Crippen molar-refractivity contribution in [2.75, 3.05) is 25.6 Å². The molecule has 8 nitrogen and oxygen atoms in total. The van der Waals surface area contributed by atoms with Crippen LogP contribution in [-0.2, 0) is 20.0 Å². The van der Waals surface area contributed by atoms with E-state index >= 15 is 0 Å². The lowest BCUT2D eigenvalue weighted by Crippen LogP contribution is -2.80. The summed E-state index contributed by atoms with van der Waals surface area (Å²) in [6.07, 6.45) is -11.6. The molecule has 1 aliphatic rings. The van der Waals surface area contributed by atoms with E-state index in [0.29, 0.717) is 0 Å². The van der Waals surface area contributed by atoms with E-state index in [1.54, 1.807) is 0 Å². The molecule has 1 rings (SSSR count). The first kappa shape index (κ1) is 21.4. The van der Waals surface area contributed by atoms with E-state index in [1.807, 2.05) is 0 Å². The van der Waals surface area contributed by atoms with E-state index in [0.717, 1.165) is 0 Å². The molecule has 1 heterocycles. The number of aliphatic hydroxyl groups is 2. The first-order chi connectivity index (χ1) is 10.2. The molecule has 0 amide bonds. The Kier molecular flexibility index (Phi) is 4.81. The fourth-order valence-corrected chi connectivity index (χ4v) is 4.31. The molecular weight excluding hydrogens is 398 g/mol. The van der Waals surface area contributed by atoms with E-state index in [2.05, 4.69) is 0 Å². The molecule has 0 aromatic rings. The number of piperazine rings is 1. The summed E-state index contributed by atoms with van der Waals surface area (Å²) in [7, 11) is -10.3. The van der Waals surface area contributed by atoms with Gasteiger partial charge in [-0.2, -0.15) is 35.0 Å².